The van der Waals surface area contributed by atoms with Crippen LogP contribution in [-0.2, 0) is 4.79 Å². The topological polar surface area (TPSA) is 123 Å². The number of halogens is 2. The fourth-order valence-electron chi connectivity index (χ4n) is 2.07. The summed E-state index contributed by atoms with van der Waals surface area (Å²) in [5.74, 6) is -0.907. The van der Waals surface area contributed by atoms with Gasteiger partial charge in [-0.3, -0.25) is 14.9 Å². The average Bonchev–Trinajstić information content (AvgIpc) is 2.67. The lowest BCUT2D eigenvalue weighted by molar-refractivity contribution is -0.385. The van der Waals surface area contributed by atoms with Crippen LogP contribution in [0.25, 0.3) is 0 Å². The van der Waals surface area contributed by atoms with Crippen molar-refractivity contribution in [3.05, 3.63) is 56.1 Å². The lowest BCUT2D eigenvalue weighted by Crippen LogP contribution is -2.24. The average molecular weight is 428 g/mol. The first-order valence-electron chi connectivity index (χ1n) is 7.87. The summed E-state index contributed by atoms with van der Waals surface area (Å²) in [6.45, 7) is 1.51. The zero-order valence-corrected chi connectivity index (χ0v) is 16.0. The third kappa shape index (κ3) is 5.24. The van der Waals surface area contributed by atoms with Gasteiger partial charge in [-0.1, -0.05) is 35.3 Å². The molecule has 1 amide bonds. The third-order valence-corrected chi connectivity index (χ3v) is 4.10. The van der Waals surface area contributed by atoms with Gasteiger partial charge in [0.1, 0.15) is 0 Å². The largest absolute Gasteiger partial charge is 0.504 e. The van der Waals surface area contributed by atoms with Gasteiger partial charge in [-0.25, -0.2) is 5.43 Å². The molecular weight excluding hydrogens is 413 g/mol. The second-order valence-electron chi connectivity index (χ2n) is 5.17. The molecule has 0 radical (unpaired) electrons. The van der Waals surface area contributed by atoms with E-state index in [2.05, 4.69) is 10.5 Å². The summed E-state index contributed by atoms with van der Waals surface area (Å²) in [5, 5.41) is 24.9. The van der Waals surface area contributed by atoms with Crippen LogP contribution in [0, 0.1) is 10.1 Å². The maximum atomic E-state index is 11.8. The Morgan fingerprint density at radius 3 is 2.71 bits per heavy atom. The number of ether oxygens (including phenoxy) is 2. The molecule has 0 bridgehead atoms. The summed E-state index contributed by atoms with van der Waals surface area (Å²) in [6.07, 6.45) is 1.09. The fraction of sp³-hybridized carbons (Fsp3) is 0.176. The number of nitrogens with one attached hydrogen (secondary N) is 1. The van der Waals surface area contributed by atoms with E-state index < -0.39 is 17.4 Å². The van der Waals surface area contributed by atoms with E-state index in [9.17, 15) is 20.0 Å². The van der Waals surface area contributed by atoms with Crippen molar-refractivity contribution in [1.29, 1.82) is 0 Å². The molecule has 9 nitrogen and oxygen atoms in total. The summed E-state index contributed by atoms with van der Waals surface area (Å²) in [7, 11) is 0. The molecule has 0 saturated heterocycles. The van der Waals surface area contributed by atoms with Crippen molar-refractivity contribution in [2.75, 3.05) is 13.2 Å². The Hall–Kier alpha value is -3.04. The zero-order chi connectivity index (χ0) is 20.7. The molecule has 0 heterocycles. The summed E-state index contributed by atoms with van der Waals surface area (Å²) >= 11 is 12.0. The number of amides is 1. The standard InChI is InChI=1S/C17H15Cl2N3O6/c1-2-27-14-7-11(18)16(19)10(17(14)24)8-20-21-15(23)9-28-13-6-4-3-5-12(13)22(25)26/h3-8,24H,2,9H2,1H3,(H,21,23)/b20-8-. The van der Waals surface area contributed by atoms with Gasteiger partial charge in [-0.15, -0.1) is 0 Å². The molecule has 0 aliphatic carbocycles. The van der Waals surface area contributed by atoms with Gasteiger partial charge in [-0.2, -0.15) is 5.10 Å². The Balaban J connectivity index is 2.04. The summed E-state index contributed by atoms with van der Waals surface area (Å²) in [5.41, 5.74) is 1.94. The van der Waals surface area contributed by atoms with Crippen molar-refractivity contribution in [2.45, 2.75) is 6.92 Å². The number of carbonyl (C=O) groups excluding carboxylic acids is 1. The SMILES string of the molecule is CCOc1cc(Cl)c(Cl)c(/C=N\NC(=O)COc2ccccc2[N+](=O)[O-])c1O. The zero-order valence-electron chi connectivity index (χ0n) is 14.5. The number of rotatable bonds is 8. The van der Waals surface area contributed by atoms with Crippen molar-refractivity contribution >= 4 is 41.0 Å². The van der Waals surface area contributed by atoms with E-state index in [1.807, 2.05) is 0 Å². The van der Waals surface area contributed by atoms with E-state index in [-0.39, 0.29) is 38.5 Å². The number of nitro groups is 1. The molecule has 0 aliphatic rings. The Bertz CT molecular complexity index is 920. The number of hydrogen-bond donors (Lipinski definition) is 2. The molecule has 0 saturated carbocycles. The van der Waals surface area contributed by atoms with E-state index in [0.29, 0.717) is 6.61 Å². The third-order valence-electron chi connectivity index (χ3n) is 3.30. The van der Waals surface area contributed by atoms with Crippen LogP contribution in [0.2, 0.25) is 10.0 Å². The van der Waals surface area contributed by atoms with Crippen molar-refractivity contribution in [3.8, 4) is 17.2 Å². The van der Waals surface area contributed by atoms with Crippen LogP contribution < -0.4 is 14.9 Å². The van der Waals surface area contributed by atoms with E-state index in [0.717, 1.165) is 6.21 Å². The molecule has 0 aliphatic heterocycles. The molecule has 28 heavy (non-hydrogen) atoms. The normalized spacial score (nSPS) is 10.7. The number of carbonyl (C=O) groups is 1. The molecule has 2 N–H and O–H groups in total. The van der Waals surface area contributed by atoms with E-state index in [4.69, 9.17) is 32.7 Å². The molecule has 0 atom stereocenters. The van der Waals surface area contributed by atoms with Gasteiger partial charge in [-0.05, 0) is 13.0 Å². The first kappa shape index (κ1) is 21.3. The Labute approximate surface area is 169 Å². The maximum Gasteiger partial charge on any atom is 0.310 e. The molecule has 148 valence electrons. The van der Waals surface area contributed by atoms with Crippen LogP contribution in [-0.4, -0.2) is 35.4 Å². The molecule has 0 spiro atoms. The van der Waals surface area contributed by atoms with Crippen molar-refractivity contribution in [3.63, 3.8) is 0 Å². The number of phenolic OH excluding ortho intramolecular Hbond substituents is 1. The second kappa shape index (κ2) is 9.77. The molecular formula is C17H15Cl2N3O6. The molecule has 2 aromatic rings. The van der Waals surface area contributed by atoms with Crippen LogP contribution >= 0.6 is 23.2 Å². The minimum absolute atomic E-state index is 0.0248. The number of aromatic hydroxyl groups is 1. The van der Waals surface area contributed by atoms with E-state index in [1.165, 1.54) is 30.3 Å². The number of para-hydroxylation sites is 2. The molecule has 0 unspecified atom stereocenters. The van der Waals surface area contributed by atoms with Crippen LogP contribution in [0.3, 0.4) is 0 Å². The van der Waals surface area contributed by atoms with Crippen molar-refractivity contribution < 1.29 is 24.3 Å². The summed E-state index contributed by atoms with van der Waals surface area (Å²) in [4.78, 5) is 22.1. The number of nitrogens with zero attached hydrogens (tertiary/aromatic N) is 2. The van der Waals surface area contributed by atoms with Crippen LogP contribution in [0.1, 0.15) is 12.5 Å². The van der Waals surface area contributed by atoms with Gasteiger partial charge < -0.3 is 14.6 Å². The number of hydrazone groups is 1. The van der Waals surface area contributed by atoms with Crippen LogP contribution in [0.5, 0.6) is 17.2 Å². The molecule has 11 heteroatoms. The van der Waals surface area contributed by atoms with Crippen LogP contribution in [0.15, 0.2) is 35.4 Å². The van der Waals surface area contributed by atoms with Gasteiger partial charge >= 0.3 is 5.69 Å². The number of benzene rings is 2. The first-order chi connectivity index (χ1) is 13.3. The minimum Gasteiger partial charge on any atom is -0.504 e. The number of hydrogen-bond acceptors (Lipinski definition) is 7. The highest BCUT2D eigenvalue weighted by molar-refractivity contribution is 6.43. The van der Waals surface area contributed by atoms with Gasteiger partial charge in [0, 0.05) is 12.1 Å². The first-order valence-corrected chi connectivity index (χ1v) is 8.62. The van der Waals surface area contributed by atoms with Gasteiger partial charge in [0.05, 0.1) is 33.4 Å². The lowest BCUT2D eigenvalue weighted by atomic mass is 10.2. The van der Waals surface area contributed by atoms with Gasteiger partial charge in [0.25, 0.3) is 5.91 Å². The molecule has 2 rings (SSSR count). The molecule has 0 fully saturated rings. The highest BCUT2D eigenvalue weighted by Gasteiger charge is 2.16. The quantitative estimate of drug-likeness (QED) is 0.377. The summed E-state index contributed by atoms with van der Waals surface area (Å²) in [6, 6.07) is 7.00. The molecule has 0 aromatic heterocycles. The predicted molar refractivity (Wildman–Crippen MR) is 104 cm³/mol. The smallest absolute Gasteiger partial charge is 0.310 e. The van der Waals surface area contributed by atoms with E-state index in [1.54, 1.807) is 6.92 Å². The van der Waals surface area contributed by atoms with Crippen molar-refractivity contribution in [2.24, 2.45) is 5.10 Å². The van der Waals surface area contributed by atoms with E-state index >= 15 is 0 Å². The summed E-state index contributed by atoms with van der Waals surface area (Å²) < 4.78 is 10.4. The van der Waals surface area contributed by atoms with Crippen LogP contribution in [0.4, 0.5) is 5.69 Å². The fourth-order valence-corrected chi connectivity index (χ4v) is 2.46. The monoisotopic (exact) mass is 427 g/mol. The predicted octanol–water partition coefficient (Wildman–Crippen LogP) is 3.54. The van der Waals surface area contributed by atoms with Gasteiger partial charge in [0.15, 0.2) is 23.9 Å². The minimum atomic E-state index is -0.683. The van der Waals surface area contributed by atoms with Gasteiger partial charge in [0.2, 0.25) is 0 Å². The highest BCUT2D eigenvalue weighted by Crippen LogP contribution is 2.39. The highest BCUT2D eigenvalue weighted by atomic mass is 35.5. The molecule has 2 aromatic carbocycles. The number of phenols is 1. The number of nitro benzene ring substituents is 1. The Kier molecular flexibility index (Phi) is 7.42. The Morgan fingerprint density at radius 2 is 2.04 bits per heavy atom. The second-order valence-corrected chi connectivity index (χ2v) is 5.96. The Morgan fingerprint density at radius 1 is 1.32 bits per heavy atom. The lowest BCUT2D eigenvalue weighted by Gasteiger charge is -2.10. The van der Waals surface area contributed by atoms with Crippen molar-refractivity contribution in [1.82, 2.24) is 5.43 Å². The maximum absolute atomic E-state index is 11.8.